The Labute approximate surface area is 159 Å². The second kappa shape index (κ2) is 7.59. The fraction of sp³-hybridized carbons (Fsp3) is 0.294. The van der Waals surface area contributed by atoms with Gasteiger partial charge >= 0.3 is 0 Å². The van der Waals surface area contributed by atoms with Crippen molar-refractivity contribution in [3.05, 3.63) is 52.1 Å². The van der Waals surface area contributed by atoms with Crippen LogP contribution in [0.2, 0.25) is 5.02 Å². The first kappa shape index (κ1) is 18.6. The number of carbonyl (C=O) groups is 1. The quantitative estimate of drug-likeness (QED) is 0.622. The van der Waals surface area contributed by atoms with Crippen LogP contribution in [0.25, 0.3) is 5.78 Å². The second-order valence-electron chi connectivity index (χ2n) is 5.88. The molecule has 9 heteroatoms. The van der Waals surface area contributed by atoms with Gasteiger partial charge in [-0.3, -0.25) is 4.79 Å². The number of rotatable bonds is 5. The van der Waals surface area contributed by atoms with E-state index in [1.807, 2.05) is 19.9 Å². The Morgan fingerprint density at radius 3 is 2.85 bits per heavy atom. The molecule has 0 aliphatic heterocycles. The van der Waals surface area contributed by atoms with E-state index in [9.17, 15) is 9.18 Å². The van der Waals surface area contributed by atoms with Crippen LogP contribution < -0.4 is 0 Å². The monoisotopic (exact) mass is 393 g/mol. The van der Waals surface area contributed by atoms with E-state index in [4.69, 9.17) is 11.6 Å². The number of carbonyl (C=O) groups excluding carboxylic acids is 1. The lowest BCUT2D eigenvalue weighted by atomic mass is 10.2. The van der Waals surface area contributed by atoms with Crippen LogP contribution in [0.3, 0.4) is 0 Å². The zero-order valence-electron chi connectivity index (χ0n) is 14.5. The fourth-order valence-corrected chi connectivity index (χ4v) is 3.44. The minimum Gasteiger partial charge on any atom is -0.341 e. The highest BCUT2D eigenvalue weighted by molar-refractivity contribution is 7.99. The fourth-order valence-electron chi connectivity index (χ4n) is 2.45. The average molecular weight is 394 g/mol. The maximum Gasteiger partial charge on any atom is 0.253 e. The molecular weight excluding hydrogens is 377 g/mol. The summed E-state index contributed by atoms with van der Waals surface area (Å²) in [6.45, 7) is 3.91. The lowest BCUT2D eigenvalue weighted by Gasteiger charge is -2.18. The van der Waals surface area contributed by atoms with E-state index in [2.05, 4.69) is 15.1 Å². The summed E-state index contributed by atoms with van der Waals surface area (Å²) in [7, 11) is 1.61. The van der Waals surface area contributed by atoms with Gasteiger partial charge in [0.1, 0.15) is 5.82 Å². The summed E-state index contributed by atoms with van der Waals surface area (Å²) >= 11 is 7.23. The van der Waals surface area contributed by atoms with Crippen LogP contribution in [0.15, 0.2) is 29.4 Å². The van der Waals surface area contributed by atoms with Gasteiger partial charge in [0, 0.05) is 35.6 Å². The number of amides is 1. The van der Waals surface area contributed by atoms with Gasteiger partial charge in [-0.1, -0.05) is 29.4 Å². The van der Waals surface area contributed by atoms with E-state index >= 15 is 0 Å². The van der Waals surface area contributed by atoms with Gasteiger partial charge in [-0.25, -0.2) is 13.9 Å². The minimum absolute atomic E-state index is 0.101. The van der Waals surface area contributed by atoms with Crippen molar-refractivity contribution >= 4 is 35.0 Å². The van der Waals surface area contributed by atoms with Gasteiger partial charge in [-0.05, 0) is 32.0 Å². The molecule has 1 amide bonds. The third-order valence-corrected chi connectivity index (χ3v) is 4.98. The topological polar surface area (TPSA) is 63.4 Å². The van der Waals surface area contributed by atoms with Crippen LogP contribution in [-0.2, 0) is 11.3 Å². The highest BCUT2D eigenvalue weighted by Gasteiger charge is 2.16. The van der Waals surface area contributed by atoms with Crippen LogP contribution >= 0.6 is 23.4 Å². The molecule has 0 saturated carbocycles. The highest BCUT2D eigenvalue weighted by atomic mass is 35.5. The second-order valence-corrected chi connectivity index (χ2v) is 7.23. The van der Waals surface area contributed by atoms with E-state index in [1.54, 1.807) is 17.6 Å². The number of hydrogen-bond donors (Lipinski definition) is 0. The summed E-state index contributed by atoms with van der Waals surface area (Å²) in [6, 6.07) is 6.37. The number of benzene rings is 1. The van der Waals surface area contributed by atoms with Crippen LogP contribution in [0.5, 0.6) is 0 Å². The predicted molar refractivity (Wildman–Crippen MR) is 98.9 cm³/mol. The Morgan fingerprint density at radius 1 is 1.35 bits per heavy atom. The van der Waals surface area contributed by atoms with E-state index in [1.165, 1.54) is 28.8 Å². The molecule has 0 aliphatic rings. The summed E-state index contributed by atoms with van der Waals surface area (Å²) in [6.07, 6.45) is 0. The SMILES string of the molecule is Cc1cc(C)n2nc(SCC(=O)N(C)Cc3c(F)cccc3Cl)nc2n1. The molecule has 0 fully saturated rings. The summed E-state index contributed by atoms with van der Waals surface area (Å²) in [5.41, 5.74) is 2.08. The zero-order valence-corrected chi connectivity index (χ0v) is 16.1. The number of thioether (sulfide) groups is 1. The Morgan fingerprint density at radius 2 is 2.12 bits per heavy atom. The molecule has 26 heavy (non-hydrogen) atoms. The van der Waals surface area contributed by atoms with Crippen molar-refractivity contribution in [3.8, 4) is 0 Å². The van der Waals surface area contributed by atoms with Crippen LogP contribution in [0.1, 0.15) is 17.0 Å². The van der Waals surface area contributed by atoms with Crippen molar-refractivity contribution in [2.24, 2.45) is 0 Å². The van der Waals surface area contributed by atoms with E-state index in [0.717, 1.165) is 11.4 Å². The first-order valence-electron chi connectivity index (χ1n) is 7.86. The number of aromatic nitrogens is 4. The van der Waals surface area contributed by atoms with Gasteiger partial charge in [0.25, 0.3) is 5.78 Å². The molecule has 3 aromatic rings. The van der Waals surface area contributed by atoms with Crippen molar-refractivity contribution in [2.45, 2.75) is 25.5 Å². The maximum atomic E-state index is 13.9. The molecular formula is C17H17ClFN5OS. The molecule has 2 heterocycles. The van der Waals surface area contributed by atoms with Crippen LogP contribution in [0.4, 0.5) is 4.39 Å². The van der Waals surface area contributed by atoms with Crippen molar-refractivity contribution in [2.75, 3.05) is 12.8 Å². The number of halogens is 2. The van der Waals surface area contributed by atoms with Gasteiger partial charge < -0.3 is 4.90 Å². The first-order chi connectivity index (χ1) is 12.3. The third-order valence-electron chi connectivity index (χ3n) is 3.81. The van der Waals surface area contributed by atoms with Gasteiger partial charge in [-0.15, -0.1) is 5.10 Å². The number of aryl methyl sites for hydroxylation is 2. The smallest absolute Gasteiger partial charge is 0.253 e. The van der Waals surface area contributed by atoms with Gasteiger partial charge in [0.05, 0.1) is 5.75 Å². The van der Waals surface area contributed by atoms with Gasteiger partial charge in [0.15, 0.2) is 0 Å². The van der Waals surface area contributed by atoms with Gasteiger partial charge in [0.2, 0.25) is 11.1 Å². The molecule has 0 radical (unpaired) electrons. The van der Waals surface area contributed by atoms with E-state index in [-0.39, 0.29) is 18.2 Å². The highest BCUT2D eigenvalue weighted by Crippen LogP contribution is 2.21. The van der Waals surface area contributed by atoms with Crippen molar-refractivity contribution in [1.82, 2.24) is 24.5 Å². The van der Waals surface area contributed by atoms with Crippen LogP contribution in [0, 0.1) is 19.7 Å². The lowest BCUT2D eigenvalue weighted by Crippen LogP contribution is -2.28. The molecule has 0 N–H and O–H groups in total. The number of hydrogen-bond acceptors (Lipinski definition) is 5. The Bertz CT molecular complexity index is 957. The maximum absolute atomic E-state index is 13.9. The number of fused-ring (bicyclic) bond motifs is 1. The molecule has 3 rings (SSSR count). The van der Waals surface area contributed by atoms with E-state index < -0.39 is 5.82 Å². The largest absolute Gasteiger partial charge is 0.341 e. The molecule has 0 saturated heterocycles. The molecule has 1 aromatic carbocycles. The third kappa shape index (κ3) is 3.96. The Hall–Kier alpha value is -2.19. The predicted octanol–water partition coefficient (Wildman–Crippen LogP) is 3.28. The van der Waals surface area contributed by atoms with Crippen LogP contribution in [-0.4, -0.2) is 43.2 Å². The van der Waals surface area contributed by atoms with Crippen molar-refractivity contribution in [1.29, 1.82) is 0 Å². The van der Waals surface area contributed by atoms with Crippen molar-refractivity contribution in [3.63, 3.8) is 0 Å². The summed E-state index contributed by atoms with van der Waals surface area (Å²) < 4.78 is 15.5. The molecule has 0 spiro atoms. The Balaban J connectivity index is 1.66. The Kier molecular flexibility index (Phi) is 5.43. The average Bonchev–Trinajstić information content (AvgIpc) is 2.99. The lowest BCUT2D eigenvalue weighted by molar-refractivity contribution is -0.127. The van der Waals surface area contributed by atoms with Gasteiger partial charge in [-0.2, -0.15) is 4.98 Å². The molecule has 0 bridgehead atoms. The molecule has 136 valence electrons. The molecule has 6 nitrogen and oxygen atoms in total. The summed E-state index contributed by atoms with van der Waals surface area (Å²) in [4.78, 5) is 22.4. The summed E-state index contributed by atoms with van der Waals surface area (Å²) in [5.74, 6) is 0.0408. The molecule has 0 atom stereocenters. The first-order valence-corrected chi connectivity index (χ1v) is 9.22. The molecule has 0 aliphatic carbocycles. The van der Waals surface area contributed by atoms with E-state index in [0.29, 0.717) is 21.5 Å². The standard InChI is InChI=1S/C17H17ClFN5OS/c1-10-7-11(2)24-16(20-10)21-17(22-24)26-9-15(25)23(3)8-12-13(18)5-4-6-14(12)19/h4-7H,8-9H2,1-3H3. The molecule has 2 aromatic heterocycles. The number of nitrogens with zero attached hydrogens (tertiary/aromatic N) is 5. The minimum atomic E-state index is -0.427. The van der Waals surface area contributed by atoms with Crippen molar-refractivity contribution < 1.29 is 9.18 Å². The normalized spacial score (nSPS) is 11.1. The summed E-state index contributed by atoms with van der Waals surface area (Å²) in [5, 5.41) is 5.12. The zero-order chi connectivity index (χ0) is 18.8. The molecule has 0 unspecified atom stereocenters.